The van der Waals surface area contributed by atoms with E-state index < -0.39 is 101 Å². The van der Waals surface area contributed by atoms with Gasteiger partial charge in [0.15, 0.2) is 0 Å². The fourth-order valence-corrected chi connectivity index (χ4v) is 6.22. The summed E-state index contributed by atoms with van der Waals surface area (Å²) in [6.07, 6.45) is 1.48. The number of aliphatic carboxylic acids is 1. The number of carboxylic acids is 1. The molecule has 19 nitrogen and oxygen atoms in total. The Morgan fingerprint density at radius 3 is 1.64 bits per heavy atom. The third-order valence-corrected chi connectivity index (χ3v) is 10.3. The van der Waals surface area contributed by atoms with Crippen LogP contribution in [-0.4, -0.2) is 124 Å². The van der Waals surface area contributed by atoms with Gasteiger partial charge in [-0.3, -0.25) is 38.4 Å². The summed E-state index contributed by atoms with van der Waals surface area (Å²) < 4.78 is 0. The molecule has 1 aromatic rings. The highest BCUT2D eigenvalue weighted by Gasteiger charge is 2.35. The molecule has 1 aromatic carbocycles. The maximum Gasteiger partial charge on any atom is 0.326 e. The number of rotatable bonds is 28. The van der Waals surface area contributed by atoms with Gasteiger partial charge in [0.05, 0.1) is 6.04 Å². The zero-order valence-electron chi connectivity index (χ0n) is 32.7. The van der Waals surface area contributed by atoms with Crippen LogP contribution in [0.2, 0.25) is 0 Å². The molecule has 0 heterocycles. The summed E-state index contributed by atoms with van der Waals surface area (Å²) >= 11 is 9.71. The highest BCUT2D eigenvalue weighted by atomic mass is 32.2. The number of amides is 8. The van der Waals surface area contributed by atoms with E-state index in [1.165, 1.54) is 11.8 Å². The number of carbonyl (C=O) groups excluding carboxylic acids is 8. The minimum atomic E-state index is -1.48. The van der Waals surface area contributed by atoms with Gasteiger partial charge in [0.2, 0.25) is 47.3 Å². The Balaban J connectivity index is 3.30. The van der Waals surface area contributed by atoms with Crippen LogP contribution in [0.25, 0.3) is 0 Å². The van der Waals surface area contributed by atoms with Crippen molar-refractivity contribution in [1.82, 2.24) is 31.9 Å². The first kappa shape index (κ1) is 51.5. The summed E-state index contributed by atoms with van der Waals surface area (Å²) in [6.45, 7) is 3.50. The molecular weight excluding hydrogens is 815 g/mol. The summed E-state index contributed by atoms with van der Waals surface area (Å²) in [5, 5.41) is 24.8. The normalized spacial score (nSPS) is 15.1. The van der Waals surface area contributed by atoms with Crippen molar-refractivity contribution in [3.05, 3.63) is 35.9 Å². The van der Waals surface area contributed by atoms with Crippen LogP contribution in [0.3, 0.4) is 0 Å². The van der Waals surface area contributed by atoms with Crippen molar-refractivity contribution in [2.24, 2.45) is 23.1 Å². The van der Waals surface area contributed by atoms with E-state index >= 15 is 0 Å². The van der Waals surface area contributed by atoms with E-state index in [9.17, 15) is 48.3 Å². The fourth-order valence-electron chi connectivity index (χ4n) is 5.24. The molecule has 0 aromatic heterocycles. The average molecular weight is 872 g/mol. The van der Waals surface area contributed by atoms with E-state index in [2.05, 4.69) is 57.2 Å². The van der Waals surface area contributed by atoms with Gasteiger partial charge in [-0.2, -0.15) is 37.0 Å². The summed E-state index contributed by atoms with van der Waals surface area (Å²) in [5.74, 6) is -7.98. The number of carbonyl (C=O) groups is 9. The van der Waals surface area contributed by atoms with Crippen molar-refractivity contribution < 1.29 is 48.3 Å². The minimum Gasteiger partial charge on any atom is -0.480 e. The maximum atomic E-state index is 13.9. The molecule has 0 saturated heterocycles. The van der Waals surface area contributed by atoms with Gasteiger partial charge in [0.25, 0.3) is 0 Å². The van der Waals surface area contributed by atoms with Crippen LogP contribution >= 0.6 is 37.0 Å². The molecule has 0 aliphatic carbocycles. The summed E-state index contributed by atoms with van der Waals surface area (Å²) in [6, 6.07) is -0.241. The Bertz CT molecular complexity index is 1580. The van der Waals surface area contributed by atoms with Gasteiger partial charge in [0.1, 0.15) is 36.3 Å². The topological polar surface area (TPSA) is 324 Å². The highest BCUT2D eigenvalue weighted by Crippen LogP contribution is 2.12. The number of nitrogens with two attached hydrogens (primary N) is 3. The summed E-state index contributed by atoms with van der Waals surface area (Å²) in [5.41, 5.74) is 16.7. The molecule has 8 atom stereocenters. The minimum absolute atomic E-state index is 0.0482. The predicted molar refractivity (Wildman–Crippen MR) is 224 cm³/mol. The molecule has 22 heteroatoms. The number of hydrogen-bond acceptors (Lipinski definition) is 13. The Labute approximate surface area is 352 Å². The first-order chi connectivity index (χ1) is 27.4. The van der Waals surface area contributed by atoms with Crippen molar-refractivity contribution in [3.8, 4) is 0 Å². The molecule has 0 fully saturated rings. The molecule has 0 saturated carbocycles. The molecule has 0 aliphatic heterocycles. The Kier molecular flexibility index (Phi) is 24.1. The van der Waals surface area contributed by atoms with Gasteiger partial charge in [0, 0.05) is 30.8 Å². The molecule has 0 bridgehead atoms. The number of thiol groups is 2. The lowest BCUT2D eigenvalue weighted by Gasteiger charge is -2.29. The first-order valence-electron chi connectivity index (χ1n) is 18.5. The van der Waals surface area contributed by atoms with Crippen molar-refractivity contribution in [2.45, 2.75) is 101 Å². The molecule has 324 valence electrons. The second-order valence-corrected chi connectivity index (χ2v) is 15.2. The lowest BCUT2D eigenvalue weighted by Crippen LogP contribution is -2.61. The standard InChI is InChI=1S/C36H57N9O10S3/c1-4-19(2)29(45-34(52)26(18-57)43-30(48)21(37)10-12-27(38)46)35(53)40-22(14-15-58-3)31(49)42-24(16-20-8-6-5-7-9-20)32(50)44-25(17-56)33(51)41-23(36(54)55)11-13-28(39)47/h5-9,19,21-26,29,56-57H,4,10-18,37H2,1-3H3,(H2,38,46)(H2,39,47)(H,40,53)(H,41,51)(H,42,49)(H,43,48)(H,44,50)(H,45,52)(H,54,55)/t19-,21-,22-,23-,24-,25-,26-,29-/m0/s1. The summed E-state index contributed by atoms with van der Waals surface area (Å²) in [7, 11) is 0. The van der Waals surface area contributed by atoms with Crippen LogP contribution in [0, 0.1) is 5.92 Å². The Morgan fingerprint density at radius 1 is 0.655 bits per heavy atom. The molecule has 0 unspecified atom stereocenters. The maximum absolute atomic E-state index is 13.9. The number of nitrogens with one attached hydrogen (secondary N) is 6. The number of carboxylic acid groups (broad SMARTS) is 1. The quantitative estimate of drug-likeness (QED) is 0.0397. The Hall–Kier alpha value is -4.54. The number of benzene rings is 1. The SMILES string of the molecule is CC[C@H](C)[C@H](NC(=O)[C@H](CS)NC(=O)[C@@H](N)CCC(N)=O)C(=O)N[C@@H](CCSC)C(=O)N[C@@H](Cc1ccccc1)C(=O)N[C@@H](CS)C(=O)N[C@@H](CCC(N)=O)C(=O)O. The van der Waals surface area contributed by atoms with E-state index in [0.717, 1.165) is 0 Å². The first-order valence-corrected chi connectivity index (χ1v) is 21.2. The highest BCUT2D eigenvalue weighted by molar-refractivity contribution is 7.98. The monoisotopic (exact) mass is 871 g/mol. The second kappa shape index (κ2) is 27.2. The van der Waals surface area contributed by atoms with Gasteiger partial charge in [-0.1, -0.05) is 50.6 Å². The molecule has 13 N–H and O–H groups in total. The van der Waals surface area contributed by atoms with Crippen molar-refractivity contribution in [1.29, 1.82) is 0 Å². The van der Waals surface area contributed by atoms with E-state index in [1.807, 2.05) is 0 Å². The van der Waals surface area contributed by atoms with Crippen molar-refractivity contribution in [3.63, 3.8) is 0 Å². The third kappa shape index (κ3) is 18.8. The van der Waals surface area contributed by atoms with Crippen LogP contribution in [0.5, 0.6) is 0 Å². The second-order valence-electron chi connectivity index (χ2n) is 13.5. The van der Waals surface area contributed by atoms with Crippen LogP contribution < -0.4 is 49.1 Å². The number of primary amides is 2. The van der Waals surface area contributed by atoms with Gasteiger partial charge in [-0.05, 0) is 42.8 Å². The van der Waals surface area contributed by atoms with E-state index in [0.29, 0.717) is 17.7 Å². The van der Waals surface area contributed by atoms with Crippen LogP contribution in [0.15, 0.2) is 30.3 Å². The van der Waals surface area contributed by atoms with Crippen LogP contribution in [0.1, 0.15) is 57.9 Å². The van der Waals surface area contributed by atoms with Gasteiger partial charge < -0.3 is 54.2 Å². The molecule has 1 rings (SSSR count). The van der Waals surface area contributed by atoms with E-state index in [1.54, 1.807) is 50.4 Å². The largest absolute Gasteiger partial charge is 0.480 e. The molecular formula is C36H57N9O10S3. The zero-order valence-corrected chi connectivity index (χ0v) is 35.3. The molecule has 58 heavy (non-hydrogen) atoms. The average Bonchev–Trinajstić information content (AvgIpc) is 3.19. The van der Waals surface area contributed by atoms with Crippen molar-refractivity contribution >= 4 is 90.2 Å². The number of thioether (sulfide) groups is 1. The lowest BCUT2D eigenvalue weighted by molar-refractivity contribution is -0.142. The smallest absolute Gasteiger partial charge is 0.326 e. The van der Waals surface area contributed by atoms with Gasteiger partial charge in [-0.15, -0.1) is 0 Å². The molecule has 8 amide bonds. The fraction of sp³-hybridized carbons (Fsp3) is 0.583. The lowest BCUT2D eigenvalue weighted by atomic mass is 9.97. The van der Waals surface area contributed by atoms with Gasteiger partial charge >= 0.3 is 5.97 Å². The van der Waals surface area contributed by atoms with Crippen LogP contribution in [0.4, 0.5) is 0 Å². The molecule has 0 radical (unpaired) electrons. The van der Waals surface area contributed by atoms with Gasteiger partial charge in [-0.25, -0.2) is 4.79 Å². The molecule has 0 aliphatic rings. The van der Waals surface area contributed by atoms with E-state index in [4.69, 9.17) is 17.2 Å². The summed E-state index contributed by atoms with van der Waals surface area (Å²) in [4.78, 5) is 115. The van der Waals surface area contributed by atoms with E-state index in [-0.39, 0.29) is 50.0 Å². The van der Waals surface area contributed by atoms with Crippen molar-refractivity contribution in [2.75, 3.05) is 23.5 Å². The van der Waals surface area contributed by atoms with Crippen LogP contribution in [-0.2, 0) is 49.6 Å². The number of hydrogen-bond donors (Lipinski definition) is 12. The zero-order chi connectivity index (χ0) is 43.9. The molecule has 0 spiro atoms. The third-order valence-electron chi connectivity index (χ3n) is 8.92. The Morgan fingerprint density at radius 2 is 1.12 bits per heavy atom. The predicted octanol–water partition coefficient (Wildman–Crippen LogP) is -2.26.